The Morgan fingerprint density at radius 3 is 0.714 bits per heavy atom. The van der Waals surface area contributed by atoms with Crippen LogP contribution >= 0.6 is 0 Å². The van der Waals surface area contributed by atoms with Gasteiger partial charge in [-0.15, -0.1) is 0 Å². The van der Waals surface area contributed by atoms with Gasteiger partial charge in [0.2, 0.25) is 0 Å². The molecule has 2 N–H and O–H groups in total. The monoisotopic (exact) mass is 438 g/mol. The zero-order chi connectivity index (χ0) is 23.4. The van der Waals surface area contributed by atoms with Crippen molar-refractivity contribution in [3.8, 4) is 0 Å². The maximum atomic E-state index is 8.53. The van der Waals surface area contributed by atoms with Crippen LogP contribution in [0, 0.1) is 37.5 Å². The van der Waals surface area contributed by atoms with Crippen LogP contribution in [0.3, 0.4) is 0 Å². The van der Waals surface area contributed by atoms with Gasteiger partial charge in [-0.3, -0.25) is 0 Å². The molecule has 0 saturated heterocycles. The third-order valence-electron chi connectivity index (χ3n) is 5.14. The second-order valence-electron chi connectivity index (χ2n) is 7.10. The van der Waals surface area contributed by atoms with Crippen LogP contribution in [-0.4, -0.2) is 23.4 Å². The maximum absolute atomic E-state index is 8.53. The molecule has 0 saturated carbocycles. The second kappa shape index (κ2) is 38.1. The molecule has 28 heavy (non-hydrogen) atoms. The molecule has 0 aliphatic carbocycles. The molecular formula is C24H54O3Ti. The summed E-state index contributed by atoms with van der Waals surface area (Å²) in [6.45, 7) is 25.5. The van der Waals surface area contributed by atoms with Gasteiger partial charge in [-0.05, 0) is 11.8 Å². The van der Waals surface area contributed by atoms with E-state index >= 15 is 0 Å². The minimum absolute atomic E-state index is 0.354. The number of hydrogen-bond donors (Lipinski definition) is 2. The average Bonchev–Trinajstić information content (AvgIpc) is 2.77. The van der Waals surface area contributed by atoms with Gasteiger partial charge in [-0.25, -0.2) is 0 Å². The van der Waals surface area contributed by atoms with Crippen LogP contribution in [0.15, 0.2) is 0 Å². The van der Waals surface area contributed by atoms with E-state index in [1.54, 1.807) is 0 Å². The SMILES string of the molecule is CCC(CC)CO.CCC(CC)CO.[CH2-]C(CC)CC.[CH2-]C(CC)CC.[O]=[Ti+2]. The molecule has 0 heterocycles. The van der Waals surface area contributed by atoms with Crippen molar-refractivity contribution in [3.63, 3.8) is 0 Å². The van der Waals surface area contributed by atoms with E-state index in [2.05, 4.69) is 69.2 Å². The minimum atomic E-state index is 0.354. The van der Waals surface area contributed by atoms with Crippen molar-refractivity contribution < 1.29 is 33.9 Å². The van der Waals surface area contributed by atoms with Gasteiger partial charge < -0.3 is 24.1 Å². The van der Waals surface area contributed by atoms with Crippen LogP contribution in [0.25, 0.3) is 0 Å². The van der Waals surface area contributed by atoms with Crippen LogP contribution in [0.1, 0.15) is 107 Å². The van der Waals surface area contributed by atoms with E-state index in [1.807, 2.05) is 0 Å². The molecule has 0 aliphatic heterocycles. The van der Waals surface area contributed by atoms with Gasteiger partial charge in [0, 0.05) is 13.2 Å². The molecule has 0 atom stereocenters. The van der Waals surface area contributed by atoms with Gasteiger partial charge in [0.15, 0.2) is 0 Å². The fraction of sp³-hybridized carbons (Fsp3) is 0.917. The average molecular weight is 439 g/mol. The fourth-order valence-electron chi connectivity index (χ4n) is 1.67. The summed E-state index contributed by atoms with van der Waals surface area (Å²) >= 11 is 0.750. The van der Waals surface area contributed by atoms with Gasteiger partial charge in [0.1, 0.15) is 0 Å². The predicted molar refractivity (Wildman–Crippen MR) is 122 cm³/mol. The summed E-state index contributed by atoms with van der Waals surface area (Å²) in [6, 6.07) is 0. The topological polar surface area (TPSA) is 57.5 Å². The molecule has 172 valence electrons. The van der Waals surface area contributed by atoms with E-state index in [-0.39, 0.29) is 0 Å². The number of aliphatic hydroxyl groups excluding tert-OH is 2. The summed E-state index contributed by atoms with van der Waals surface area (Å²) < 4.78 is 8.25. The van der Waals surface area contributed by atoms with Crippen molar-refractivity contribution in [1.82, 2.24) is 0 Å². The molecule has 0 rings (SSSR count). The predicted octanol–water partition coefficient (Wildman–Crippen LogP) is 7.22. The standard InChI is InChI=1S/2C6H14O.2C6H13.O.Ti/c2*1-3-6(4-2)5-7;2*1-4-6(3)5-2;;/h2*6-7H,3-5H2,1-2H3;2*6H,3-5H2,1-2H3;;/q;;2*-1;;+2. The second-order valence-corrected chi connectivity index (χ2v) is 7.10. The molecular weight excluding hydrogens is 384 g/mol. The third kappa shape index (κ3) is 41.0. The summed E-state index contributed by atoms with van der Waals surface area (Å²) in [5, 5.41) is 17.1. The number of rotatable bonds is 10. The first-order valence-corrected chi connectivity index (χ1v) is 12.0. The summed E-state index contributed by atoms with van der Waals surface area (Å²) in [7, 11) is 0. The van der Waals surface area contributed by atoms with E-state index in [0.29, 0.717) is 36.9 Å². The van der Waals surface area contributed by atoms with E-state index < -0.39 is 0 Å². The molecule has 0 aliphatic rings. The third-order valence-corrected chi connectivity index (χ3v) is 5.14. The Hall–Kier alpha value is 0.434. The van der Waals surface area contributed by atoms with Crippen molar-refractivity contribution in [1.29, 1.82) is 0 Å². The molecule has 0 aromatic carbocycles. The molecule has 0 spiro atoms. The Labute approximate surface area is 191 Å². The van der Waals surface area contributed by atoms with E-state index in [0.717, 1.165) is 46.1 Å². The van der Waals surface area contributed by atoms with Gasteiger partial charge in [0.25, 0.3) is 0 Å². The summed E-state index contributed by atoms with van der Waals surface area (Å²) in [4.78, 5) is 0. The Morgan fingerprint density at radius 2 is 0.714 bits per heavy atom. The van der Waals surface area contributed by atoms with Gasteiger partial charge >= 0.3 is 23.7 Å². The Balaban J connectivity index is -0.0000000816. The Kier molecular flexibility index (Phi) is 53.0. The first-order valence-electron chi connectivity index (χ1n) is 11.4. The van der Waals surface area contributed by atoms with E-state index in [4.69, 9.17) is 13.5 Å². The van der Waals surface area contributed by atoms with Gasteiger partial charge in [-0.2, -0.15) is 11.8 Å². The van der Waals surface area contributed by atoms with Crippen molar-refractivity contribution >= 4 is 0 Å². The number of aliphatic hydroxyl groups is 2. The summed E-state index contributed by atoms with van der Waals surface area (Å²) in [6.07, 6.45) is 9.29. The molecule has 0 amide bonds. The first kappa shape index (κ1) is 39.0. The van der Waals surface area contributed by atoms with Crippen LogP contribution < -0.4 is 0 Å². The van der Waals surface area contributed by atoms with Crippen LogP contribution in [0.5, 0.6) is 0 Å². The molecule has 0 fully saturated rings. The molecule has 3 nitrogen and oxygen atoms in total. The quantitative estimate of drug-likeness (QED) is 0.280. The van der Waals surface area contributed by atoms with Crippen molar-refractivity contribution in [2.75, 3.05) is 13.2 Å². The van der Waals surface area contributed by atoms with Gasteiger partial charge in [-0.1, -0.05) is 107 Å². The molecule has 0 aromatic rings. The normalized spacial score (nSPS) is 9.64. The van der Waals surface area contributed by atoms with Crippen LogP contribution in [0.2, 0.25) is 0 Å². The van der Waals surface area contributed by atoms with Crippen molar-refractivity contribution in [3.05, 3.63) is 13.8 Å². The zero-order valence-electron chi connectivity index (χ0n) is 20.6. The van der Waals surface area contributed by atoms with Crippen molar-refractivity contribution in [2.24, 2.45) is 23.7 Å². The Morgan fingerprint density at radius 1 is 0.536 bits per heavy atom. The van der Waals surface area contributed by atoms with Crippen LogP contribution in [-0.2, 0) is 23.7 Å². The molecule has 0 radical (unpaired) electrons. The molecule has 0 unspecified atom stereocenters. The molecule has 0 aromatic heterocycles. The zero-order valence-corrected chi connectivity index (χ0v) is 22.2. The Bertz CT molecular complexity index is 179. The molecule has 4 heteroatoms. The molecule has 0 bridgehead atoms. The summed E-state index contributed by atoms with van der Waals surface area (Å²) in [5.74, 6) is 2.45. The first-order chi connectivity index (χ1) is 13.3. The number of hydrogen-bond acceptors (Lipinski definition) is 3. The van der Waals surface area contributed by atoms with Crippen molar-refractivity contribution in [2.45, 2.75) is 107 Å². The fourth-order valence-corrected chi connectivity index (χ4v) is 1.67. The van der Waals surface area contributed by atoms with E-state index in [1.165, 1.54) is 25.7 Å². The van der Waals surface area contributed by atoms with E-state index in [9.17, 15) is 0 Å². The van der Waals surface area contributed by atoms with Crippen LogP contribution in [0.4, 0.5) is 0 Å². The van der Waals surface area contributed by atoms with Gasteiger partial charge in [0.05, 0.1) is 0 Å². The summed E-state index contributed by atoms with van der Waals surface area (Å²) in [5.41, 5.74) is 0.